The Morgan fingerprint density at radius 2 is 1.95 bits per heavy atom. The zero-order valence-corrected chi connectivity index (χ0v) is 19.8. The highest BCUT2D eigenvalue weighted by molar-refractivity contribution is 5.99. The lowest BCUT2D eigenvalue weighted by Crippen LogP contribution is -2.35. The van der Waals surface area contributed by atoms with E-state index in [1.54, 1.807) is 36.4 Å². The van der Waals surface area contributed by atoms with Crippen LogP contribution in [0.2, 0.25) is 0 Å². The van der Waals surface area contributed by atoms with Gasteiger partial charge in [-0.2, -0.15) is 18.4 Å². The van der Waals surface area contributed by atoms with Crippen molar-refractivity contribution in [3.8, 4) is 6.07 Å². The van der Waals surface area contributed by atoms with E-state index in [9.17, 15) is 28.0 Å². The zero-order valence-electron chi connectivity index (χ0n) is 19.8. The second-order valence-electron chi connectivity index (χ2n) is 8.85. The lowest BCUT2D eigenvalue weighted by atomic mass is 9.85. The molecule has 0 bridgehead atoms. The van der Waals surface area contributed by atoms with Gasteiger partial charge in [-0.15, -0.1) is 0 Å². The van der Waals surface area contributed by atoms with Crippen LogP contribution in [0.3, 0.4) is 0 Å². The highest BCUT2D eigenvalue weighted by atomic mass is 19.4. The van der Waals surface area contributed by atoms with Gasteiger partial charge in [0.2, 0.25) is 0 Å². The molecule has 1 N–H and O–H groups in total. The lowest BCUT2D eigenvalue weighted by molar-refractivity contribution is -0.175. The molecule has 0 saturated heterocycles. The normalized spacial score (nSPS) is 16.4. The van der Waals surface area contributed by atoms with Crippen LogP contribution in [0, 0.1) is 17.2 Å². The first kappa shape index (κ1) is 25.9. The smallest absolute Gasteiger partial charge is 0.392 e. The summed E-state index contributed by atoms with van der Waals surface area (Å²) in [6, 6.07) is 16.8. The third-order valence-electron chi connectivity index (χ3n) is 6.27. The molecule has 1 aliphatic rings. The average Bonchev–Trinajstić information content (AvgIpc) is 2.91. The minimum atomic E-state index is -4.21. The Bertz CT molecular complexity index is 1360. The Kier molecular flexibility index (Phi) is 7.87. The summed E-state index contributed by atoms with van der Waals surface area (Å²) >= 11 is 0. The number of ether oxygens (including phenoxy) is 1. The molecule has 0 fully saturated rings. The molecule has 3 aromatic rings. The lowest BCUT2D eigenvalue weighted by Gasteiger charge is -2.24. The molecule has 2 aromatic carbocycles. The molecule has 1 amide bonds. The Hall–Kier alpha value is -4.19. The van der Waals surface area contributed by atoms with Crippen LogP contribution in [0.25, 0.3) is 16.5 Å². The van der Waals surface area contributed by atoms with E-state index < -0.39 is 30.0 Å². The van der Waals surface area contributed by atoms with E-state index in [4.69, 9.17) is 4.74 Å². The zero-order chi connectivity index (χ0) is 26.4. The standard InChI is InChI=1S/C28H24F3N3O3/c29-28(30,31)22-11-9-19(10-12-22)24-8-4-7-20-13-21(16-33-26(20)24)27(36)34-23(15-32)14-25(35)37-17-18-5-2-1-3-6-18/h1-9,13,16,22-23H,10-12,14,17H2,(H,34,36)/t22?,23-/m1/s1. The van der Waals surface area contributed by atoms with Crippen LogP contribution >= 0.6 is 0 Å². The summed E-state index contributed by atoms with van der Waals surface area (Å²) in [4.78, 5) is 29.3. The number of halogens is 3. The van der Waals surface area contributed by atoms with Gasteiger partial charge in [-0.3, -0.25) is 14.6 Å². The van der Waals surface area contributed by atoms with E-state index in [1.165, 1.54) is 6.20 Å². The molecule has 0 aliphatic heterocycles. The summed E-state index contributed by atoms with van der Waals surface area (Å²) < 4.78 is 44.2. The number of carbonyl (C=O) groups excluding carboxylic acids is 2. The Morgan fingerprint density at radius 3 is 2.62 bits per heavy atom. The predicted molar refractivity (Wildman–Crippen MR) is 131 cm³/mol. The maximum Gasteiger partial charge on any atom is 0.392 e. The maximum atomic E-state index is 13.0. The topological polar surface area (TPSA) is 92.1 Å². The van der Waals surface area contributed by atoms with Crippen molar-refractivity contribution < 1.29 is 27.5 Å². The molecule has 1 aromatic heterocycles. The fourth-order valence-electron chi connectivity index (χ4n) is 4.25. The molecule has 1 unspecified atom stereocenters. The molecule has 1 aliphatic carbocycles. The van der Waals surface area contributed by atoms with Crippen molar-refractivity contribution in [2.24, 2.45) is 5.92 Å². The first-order valence-corrected chi connectivity index (χ1v) is 11.8. The summed E-state index contributed by atoms with van der Waals surface area (Å²) in [5, 5.41) is 12.6. The van der Waals surface area contributed by atoms with Crippen molar-refractivity contribution in [3.63, 3.8) is 0 Å². The average molecular weight is 508 g/mol. The number of amides is 1. The number of fused-ring (bicyclic) bond motifs is 1. The molecule has 4 rings (SSSR count). The van der Waals surface area contributed by atoms with Crippen molar-refractivity contribution in [3.05, 3.63) is 83.6 Å². The number of nitriles is 1. The fourth-order valence-corrected chi connectivity index (χ4v) is 4.25. The monoisotopic (exact) mass is 507 g/mol. The van der Waals surface area contributed by atoms with Crippen LogP contribution in [0.5, 0.6) is 0 Å². The van der Waals surface area contributed by atoms with Gasteiger partial charge in [-0.25, -0.2) is 0 Å². The first-order valence-electron chi connectivity index (χ1n) is 11.8. The van der Waals surface area contributed by atoms with E-state index in [1.807, 2.05) is 30.3 Å². The van der Waals surface area contributed by atoms with E-state index in [-0.39, 0.29) is 37.9 Å². The SMILES string of the molecule is N#C[C@@H](CC(=O)OCc1ccccc1)NC(=O)c1cnc2c(C3=CCC(C(F)(F)F)CC3)cccc2c1. The van der Waals surface area contributed by atoms with Gasteiger partial charge in [0, 0.05) is 17.1 Å². The summed E-state index contributed by atoms with van der Waals surface area (Å²) in [6.07, 6.45) is -1.31. The molecule has 9 heteroatoms. The van der Waals surface area contributed by atoms with Gasteiger partial charge in [0.05, 0.1) is 29.5 Å². The van der Waals surface area contributed by atoms with Crippen molar-refractivity contribution in [2.45, 2.75) is 44.5 Å². The van der Waals surface area contributed by atoms with Crippen LogP contribution in [-0.2, 0) is 16.1 Å². The van der Waals surface area contributed by atoms with E-state index >= 15 is 0 Å². The number of hydrogen-bond donors (Lipinski definition) is 1. The van der Waals surface area contributed by atoms with Gasteiger partial charge in [0.25, 0.3) is 5.91 Å². The number of rotatable bonds is 7. The highest BCUT2D eigenvalue weighted by Gasteiger charge is 2.39. The van der Waals surface area contributed by atoms with Crippen molar-refractivity contribution in [1.29, 1.82) is 5.26 Å². The van der Waals surface area contributed by atoms with E-state index in [0.717, 1.165) is 16.7 Å². The number of esters is 1. The molecule has 0 spiro atoms. The minimum Gasteiger partial charge on any atom is -0.461 e. The number of hydrogen-bond acceptors (Lipinski definition) is 5. The van der Waals surface area contributed by atoms with E-state index in [0.29, 0.717) is 10.9 Å². The number of carbonyl (C=O) groups is 2. The van der Waals surface area contributed by atoms with Gasteiger partial charge in [0.15, 0.2) is 0 Å². The summed E-state index contributed by atoms with van der Waals surface area (Å²) in [7, 11) is 0. The number of para-hydroxylation sites is 1. The van der Waals surface area contributed by atoms with Gasteiger partial charge in [0.1, 0.15) is 12.6 Å². The summed E-state index contributed by atoms with van der Waals surface area (Å²) in [5.41, 5.74) is 3.11. The van der Waals surface area contributed by atoms with Crippen molar-refractivity contribution >= 4 is 28.4 Å². The van der Waals surface area contributed by atoms with Gasteiger partial charge in [-0.1, -0.05) is 54.6 Å². The molecule has 2 atom stereocenters. The van der Waals surface area contributed by atoms with Crippen LogP contribution in [-0.4, -0.2) is 29.1 Å². The van der Waals surface area contributed by atoms with Crippen LogP contribution in [0.1, 0.15) is 47.2 Å². The van der Waals surface area contributed by atoms with Crippen LogP contribution < -0.4 is 5.32 Å². The second kappa shape index (κ2) is 11.2. The Balaban J connectivity index is 1.42. The maximum absolute atomic E-state index is 13.0. The van der Waals surface area contributed by atoms with Gasteiger partial charge in [-0.05, 0) is 36.5 Å². The Morgan fingerprint density at radius 1 is 1.16 bits per heavy atom. The fraction of sp³-hybridized carbons (Fsp3) is 0.286. The molecule has 0 radical (unpaired) electrons. The molecule has 190 valence electrons. The van der Waals surface area contributed by atoms with Crippen LogP contribution in [0.15, 0.2) is 66.9 Å². The number of allylic oxidation sites excluding steroid dienone is 2. The van der Waals surface area contributed by atoms with Crippen LogP contribution in [0.4, 0.5) is 13.2 Å². The molecular formula is C28H24F3N3O3. The molecular weight excluding hydrogens is 483 g/mol. The third-order valence-corrected chi connectivity index (χ3v) is 6.27. The van der Waals surface area contributed by atoms with Crippen molar-refractivity contribution in [2.75, 3.05) is 0 Å². The number of aromatic nitrogens is 1. The Labute approximate surface area is 211 Å². The minimum absolute atomic E-state index is 0.0234. The van der Waals surface area contributed by atoms with Gasteiger partial charge < -0.3 is 10.1 Å². The summed E-state index contributed by atoms with van der Waals surface area (Å²) in [5.74, 6) is -2.53. The largest absolute Gasteiger partial charge is 0.461 e. The predicted octanol–water partition coefficient (Wildman–Crippen LogP) is 5.74. The molecule has 6 nitrogen and oxygen atoms in total. The van der Waals surface area contributed by atoms with Gasteiger partial charge >= 0.3 is 12.1 Å². The highest BCUT2D eigenvalue weighted by Crippen LogP contribution is 2.40. The molecule has 0 saturated carbocycles. The summed E-state index contributed by atoms with van der Waals surface area (Å²) in [6.45, 7) is 0.0655. The number of nitrogens with one attached hydrogen (secondary N) is 1. The quantitative estimate of drug-likeness (QED) is 0.412. The van der Waals surface area contributed by atoms with Crippen molar-refractivity contribution in [1.82, 2.24) is 10.3 Å². The molecule has 1 heterocycles. The van der Waals surface area contributed by atoms with E-state index in [2.05, 4.69) is 10.3 Å². The third kappa shape index (κ3) is 6.53. The number of pyridine rings is 1. The molecule has 37 heavy (non-hydrogen) atoms. The number of benzene rings is 2. The number of alkyl halides is 3. The first-order chi connectivity index (χ1) is 17.7. The number of nitrogens with zero attached hydrogens (tertiary/aromatic N) is 2. The second-order valence-corrected chi connectivity index (χ2v) is 8.85.